The standard InChI is InChI=1S/C26H33BrN4O3S2/c1-3-29(4-2)17-18-31(26-28-23-14-11-21(27)19-24(23)35-26)25(32)20-9-12-22(13-10-20)36(33,34)30-15-7-5-6-8-16-30/h9-14,19H,3-8,15-18H2,1-2H3. The first kappa shape index (κ1) is 27.2. The number of benzene rings is 2. The fourth-order valence-corrected chi connectivity index (χ4v) is 7.48. The van der Waals surface area contributed by atoms with E-state index in [1.165, 1.54) is 11.3 Å². The lowest BCUT2D eigenvalue weighted by molar-refractivity contribution is 0.0983. The van der Waals surface area contributed by atoms with Gasteiger partial charge in [-0.25, -0.2) is 13.4 Å². The van der Waals surface area contributed by atoms with Crippen molar-refractivity contribution in [2.24, 2.45) is 0 Å². The van der Waals surface area contributed by atoms with Gasteiger partial charge in [0.2, 0.25) is 10.0 Å². The molecule has 2 heterocycles. The molecule has 1 aliphatic heterocycles. The van der Waals surface area contributed by atoms with Crippen molar-refractivity contribution < 1.29 is 13.2 Å². The van der Waals surface area contributed by atoms with Crippen LogP contribution in [0.1, 0.15) is 49.9 Å². The number of fused-ring (bicyclic) bond motifs is 1. The predicted molar refractivity (Wildman–Crippen MR) is 150 cm³/mol. The molecule has 3 aromatic rings. The van der Waals surface area contributed by atoms with Gasteiger partial charge in [-0.2, -0.15) is 4.31 Å². The molecule has 0 unspecified atom stereocenters. The van der Waals surface area contributed by atoms with Gasteiger partial charge in [0.05, 0.1) is 15.1 Å². The smallest absolute Gasteiger partial charge is 0.260 e. The molecule has 0 bridgehead atoms. The highest BCUT2D eigenvalue weighted by atomic mass is 79.9. The summed E-state index contributed by atoms with van der Waals surface area (Å²) in [5, 5.41) is 0.640. The maximum absolute atomic E-state index is 13.7. The number of aromatic nitrogens is 1. The summed E-state index contributed by atoms with van der Waals surface area (Å²) < 4.78 is 29.9. The van der Waals surface area contributed by atoms with E-state index < -0.39 is 10.0 Å². The Bertz CT molecular complexity index is 1280. The molecule has 1 saturated heterocycles. The van der Waals surface area contributed by atoms with E-state index in [1.807, 2.05) is 18.2 Å². The zero-order chi connectivity index (χ0) is 25.7. The summed E-state index contributed by atoms with van der Waals surface area (Å²) >= 11 is 4.99. The lowest BCUT2D eigenvalue weighted by atomic mass is 10.2. The minimum Gasteiger partial charge on any atom is -0.302 e. The van der Waals surface area contributed by atoms with Crippen LogP contribution in [0.3, 0.4) is 0 Å². The Balaban J connectivity index is 1.61. The number of rotatable bonds is 9. The predicted octanol–water partition coefficient (Wildman–Crippen LogP) is 5.61. The maximum Gasteiger partial charge on any atom is 0.260 e. The molecule has 0 radical (unpaired) electrons. The Morgan fingerprint density at radius 2 is 1.67 bits per heavy atom. The van der Waals surface area contributed by atoms with Gasteiger partial charge in [0.1, 0.15) is 0 Å². The monoisotopic (exact) mass is 592 g/mol. The molecule has 1 aliphatic rings. The summed E-state index contributed by atoms with van der Waals surface area (Å²) in [4.78, 5) is 22.6. The number of halogens is 1. The number of amides is 1. The van der Waals surface area contributed by atoms with Crippen LogP contribution >= 0.6 is 27.3 Å². The molecule has 0 spiro atoms. The van der Waals surface area contributed by atoms with E-state index in [-0.39, 0.29) is 10.8 Å². The van der Waals surface area contributed by atoms with E-state index in [0.717, 1.165) is 60.0 Å². The quantitative estimate of drug-likeness (QED) is 0.323. The van der Waals surface area contributed by atoms with E-state index in [4.69, 9.17) is 4.98 Å². The van der Waals surface area contributed by atoms with Gasteiger partial charge in [-0.1, -0.05) is 54.0 Å². The van der Waals surface area contributed by atoms with Crippen LogP contribution in [0.4, 0.5) is 5.13 Å². The van der Waals surface area contributed by atoms with Crippen LogP contribution in [0.5, 0.6) is 0 Å². The first-order valence-corrected chi connectivity index (χ1v) is 15.6. The van der Waals surface area contributed by atoms with Crippen LogP contribution in [0.15, 0.2) is 51.8 Å². The second kappa shape index (κ2) is 12.1. The van der Waals surface area contributed by atoms with Crippen LogP contribution in [-0.2, 0) is 10.0 Å². The zero-order valence-corrected chi connectivity index (χ0v) is 24.0. The third-order valence-corrected chi connectivity index (χ3v) is 10.1. The van der Waals surface area contributed by atoms with E-state index >= 15 is 0 Å². The molecule has 0 aliphatic carbocycles. The third kappa shape index (κ3) is 6.16. The number of thiazole rings is 1. The first-order chi connectivity index (χ1) is 17.3. The normalized spacial score (nSPS) is 15.3. The number of nitrogens with zero attached hydrogens (tertiary/aromatic N) is 4. The Kier molecular flexibility index (Phi) is 9.16. The van der Waals surface area contributed by atoms with Crippen LogP contribution in [0, 0.1) is 0 Å². The van der Waals surface area contributed by atoms with E-state index in [0.29, 0.717) is 30.3 Å². The summed E-state index contributed by atoms with van der Waals surface area (Å²) in [5.74, 6) is -0.181. The van der Waals surface area contributed by atoms with Gasteiger partial charge in [0, 0.05) is 36.2 Å². The Labute approximate surface area is 226 Å². The second-order valence-electron chi connectivity index (χ2n) is 8.93. The number of sulfonamides is 1. The number of carbonyl (C=O) groups excluding carboxylic acids is 1. The number of hydrogen-bond acceptors (Lipinski definition) is 6. The summed E-state index contributed by atoms with van der Waals surface area (Å²) in [6, 6.07) is 12.3. The SMILES string of the molecule is CCN(CC)CCN(C(=O)c1ccc(S(=O)(=O)N2CCCCCC2)cc1)c1nc2ccc(Br)cc2s1. The van der Waals surface area contributed by atoms with Crippen LogP contribution in [-0.4, -0.2) is 67.8 Å². The van der Waals surface area contributed by atoms with Gasteiger partial charge in [0.15, 0.2) is 5.13 Å². The van der Waals surface area contributed by atoms with E-state index in [2.05, 4.69) is 34.7 Å². The molecule has 4 rings (SSSR count). The highest BCUT2D eigenvalue weighted by molar-refractivity contribution is 9.10. The Morgan fingerprint density at radius 1 is 1.00 bits per heavy atom. The molecule has 1 aromatic heterocycles. The fourth-order valence-electron chi connectivity index (χ4n) is 4.42. The average molecular weight is 594 g/mol. The Hall–Kier alpha value is -1.85. The summed E-state index contributed by atoms with van der Waals surface area (Å²) in [7, 11) is -3.56. The van der Waals surface area contributed by atoms with Crippen molar-refractivity contribution >= 4 is 58.5 Å². The molecule has 0 saturated carbocycles. The molecule has 1 fully saturated rings. The second-order valence-corrected chi connectivity index (χ2v) is 12.8. The van der Waals surface area contributed by atoms with Gasteiger partial charge in [-0.05, 0) is 68.4 Å². The molecule has 0 atom stereocenters. The average Bonchev–Trinajstić information content (AvgIpc) is 3.09. The van der Waals surface area contributed by atoms with Crippen LogP contribution in [0.2, 0.25) is 0 Å². The summed E-state index contributed by atoms with van der Waals surface area (Å²) in [6.45, 7) is 8.33. The molecule has 0 N–H and O–H groups in total. The summed E-state index contributed by atoms with van der Waals surface area (Å²) in [6.07, 6.45) is 3.89. The maximum atomic E-state index is 13.7. The molecular weight excluding hydrogens is 560 g/mol. The van der Waals surface area contributed by atoms with Crippen LogP contribution in [0.25, 0.3) is 10.2 Å². The minimum absolute atomic E-state index is 0.181. The number of hydrogen-bond donors (Lipinski definition) is 0. The topological polar surface area (TPSA) is 73.8 Å². The molecular formula is C26H33BrN4O3S2. The van der Waals surface area contributed by atoms with Crippen molar-refractivity contribution in [1.29, 1.82) is 0 Å². The molecule has 1 amide bonds. The Morgan fingerprint density at radius 3 is 2.31 bits per heavy atom. The van der Waals surface area contributed by atoms with Crippen LogP contribution < -0.4 is 4.90 Å². The minimum atomic E-state index is -3.56. The highest BCUT2D eigenvalue weighted by Crippen LogP contribution is 2.32. The van der Waals surface area contributed by atoms with E-state index in [1.54, 1.807) is 33.5 Å². The van der Waals surface area contributed by atoms with Crippen molar-refractivity contribution in [2.45, 2.75) is 44.4 Å². The highest BCUT2D eigenvalue weighted by Gasteiger charge is 2.27. The van der Waals surface area contributed by atoms with Gasteiger partial charge < -0.3 is 4.90 Å². The zero-order valence-electron chi connectivity index (χ0n) is 20.8. The lowest BCUT2D eigenvalue weighted by Crippen LogP contribution is -2.39. The first-order valence-electron chi connectivity index (χ1n) is 12.5. The van der Waals surface area contributed by atoms with Gasteiger partial charge in [-0.3, -0.25) is 9.69 Å². The largest absolute Gasteiger partial charge is 0.302 e. The number of carbonyl (C=O) groups is 1. The molecule has 2 aromatic carbocycles. The molecule has 36 heavy (non-hydrogen) atoms. The molecule has 10 heteroatoms. The lowest BCUT2D eigenvalue weighted by Gasteiger charge is -2.25. The molecule has 194 valence electrons. The number of anilines is 1. The van der Waals surface area contributed by atoms with Gasteiger partial charge in [0.25, 0.3) is 5.91 Å². The van der Waals surface area contributed by atoms with Crippen molar-refractivity contribution in [1.82, 2.24) is 14.2 Å². The fraction of sp³-hybridized carbons (Fsp3) is 0.462. The molecule has 7 nitrogen and oxygen atoms in total. The van der Waals surface area contributed by atoms with Gasteiger partial charge in [-0.15, -0.1) is 0 Å². The van der Waals surface area contributed by atoms with Crippen molar-refractivity contribution in [3.8, 4) is 0 Å². The van der Waals surface area contributed by atoms with Crippen molar-refractivity contribution in [2.75, 3.05) is 44.2 Å². The third-order valence-electron chi connectivity index (χ3n) is 6.65. The van der Waals surface area contributed by atoms with E-state index in [9.17, 15) is 13.2 Å². The number of likely N-dealkylation sites (N-methyl/N-ethyl adjacent to an activating group) is 1. The van der Waals surface area contributed by atoms with Crippen molar-refractivity contribution in [3.63, 3.8) is 0 Å². The van der Waals surface area contributed by atoms with Gasteiger partial charge >= 0.3 is 0 Å². The van der Waals surface area contributed by atoms with Crippen molar-refractivity contribution in [3.05, 3.63) is 52.5 Å². The summed E-state index contributed by atoms with van der Waals surface area (Å²) in [5.41, 5.74) is 1.29.